The molecule has 0 radical (unpaired) electrons. The van der Waals surface area contributed by atoms with E-state index in [4.69, 9.17) is 4.74 Å². The fourth-order valence-corrected chi connectivity index (χ4v) is 2.41. The Balaban J connectivity index is 2.17. The highest BCUT2D eigenvalue weighted by Gasteiger charge is 2.20. The first kappa shape index (κ1) is 13.7. The summed E-state index contributed by atoms with van der Waals surface area (Å²) in [5, 5.41) is 10.7. The maximum atomic E-state index is 10.7. The summed E-state index contributed by atoms with van der Waals surface area (Å²) < 4.78 is 6.02. The van der Waals surface area contributed by atoms with Crippen LogP contribution in [0.1, 0.15) is 44.3 Å². The van der Waals surface area contributed by atoms with Crippen molar-refractivity contribution in [1.29, 1.82) is 0 Å². The molecule has 1 aliphatic rings. The summed E-state index contributed by atoms with van der Waals surface area (Å²) in [6.45, 7) is 6.15. The van der Waals surface area contributed by atoms with Gasteiger partial charge in [-0.3, -0.25) is 10.1 Å². The van der Waals surface area contributed by atoms with E-state index in [1.54, 1.807) is 12.1 Å². The lowest BCUT2D eigenvalue weighted by atomic mass is 9.96. The highest BCUT2D eigenvalue weighted by Crippen LogP contribution is 2.32. The Bertz CT molecular complexity index is 467. The first-order valence-electron chi connectivity index (χ1n) is 6.62. The zero-order valence-corrected chi connectivity index (χ0v) is 11.2. The number of hydrogen-bond donors (Lipinski definition) is 0. The van der Waals surface area contributed by atoms with E-state index >= 15 is 0 Å². The fourth-order valence-electron chi connectivity index (χ4n) is 2.41. The number of non-ortho nitro benzene ring substituents is 1. The average Bonchev–Trinajstić information content (AvgIpc) is 2.36. The van der Waals surface area contributed by atoms with Gasteiger partial charge in [0.2, 0.25) is 0 Å². The van der Waals surface area contributed by atoms with E-state index in [1.165, 1.54) is 17.7 Å². The van der Waals surface area contributed by atoms with Crippen molar-refractivity contribution in [3.8, 4) is 0 Å². The Labute approximate surface area is 113 Å². The van der Waals surface area contributed by atoms with Gasteiger partial charge in [0.05, 0.1) is 17.1 Å². The minimum atomic E-state index is -0.385. The predicted molar refractivity (Wildman–Crippen MR) is 74.0 cm³/mol. The lowest BCUT2D eigenvalue weighted by Gasteiger charge is -2.26. The van der Waals surface area contributed by atoms with Crippen LogP contribution in [0.2, 0.25) is 0 Å². The van der Waals surface area contributed by atoms with Crippen molar-refractivity contribution in [3.63, 3.8) is 0 Å². The minimum absolute atomic E-state index is 0.0383. The third-order valence-corrected chi connectivity index (χ3v) is 3.49. The van der Waals surface area contributed by atoms with Gasteiger partial charge in [-0.25, -0.2) is 0 Å². The predicted octanol–water partition coefficient (Wildman–Crippen LogP) is 4.17. The summed E-state index contributed by atoms with van der Waals surface area (Å²) in [6, 6.07) is 6.63. The molecule has 1 aliphatic heterocycles. The molecule has 0 bridgehead atoms. The number of nitro benzene ring substituents is 1. The molecular formula is C15H19NO3. The standard InChI is InChI=1S/C15H19NO3/c1-11-4-3-5-12(2)19-15(10-11)13-6-8-14(9-7-13)16(17)18/h6-9,12,15H,1,3-5,10H2,2H3/t12-,15-/m0/s1. The van der Waals surface area contributed by atoms with Gasteiger partial charge in [0.25, 0.3) is 5.69 Å². The minimum Gasteiger partial charge on any atom is -0.370 e. The summed E-state index contributed by atoms with van der Waals surface area (Å²) in [4.78, 5) is 10.3. The summed E-state index contributed by atoms with van der Waals surface area (Å²) in [5.74, 6) is 0. The first-order chi connectivity index (χ1) is 9.06. The third-order valence-electron chi connectivity index (χ3n) is 3.49. The lowest BCUT2D eigenvalue weighted by molar-refractivity contribution is -0.384. The molecule has 1 saturated heterocycles. The second-order valence-corrected chi connectivity index (χ2v) is 5.13. The zero-order valence-electron chi connectivity index (χ0n) is 11.2. The summed E-state index contributed by atoms with van der Waals surface area (Å²) in [6.07, 6.45) is 4.16. The van der Waals surface area contributed by atoms with Crippen LogP contribution in [0.4, 0.5) is 5.69 Å². The molecule has 19 heavy (non-hydrogen) atoms. The molecule has 102 valence electrons. The van der Waals surface area contributed by atoms with Crippen LogP contribution in [-0.4, -0.2) is 11.0 Å². The van der Waals surface area contributed by atoms with E-state index in [-0.39, 0.29) is 22.8 Å². The van der Waals surface area contributed by atoms with Crippen molar-refractivity contribution in [3.05, 3.63) is 52.1 Å². The van der Waals surface area contributed by atoms with Crippen LogP contribution in [-0.2, 0) is 4.74 Å². The summed E-state index contributed by atoms with van der Waals surface area (Å²) >= 11 is 0. The van der Waals surface area contributed by atoms with Crippen LogP contribution in [0, 0.1) is 10.1 Å². The molecule has 0 amide bonds. The molecule has 1 fully saturated rings. The van der Waals surface area contributed by atoms with Gasteiger partial charge < -0.3 is 4.74 Å². The van der Waals surface area contributed by atoms with Crippen molar-refractivity contribution in [2.75, 3.05) is 0 Å². The number of nitro groups is 1. The van der Waals surface area contributed by atoms with Crippen LogP contribution >= 0.6 is 0 Å². The molecule has 1 aromatic carbocycles. The highest BCUT2D eigenvalue weighted by atomic mass is 16.6. The fraction of sp³-hybridized carbons (Fsp3) is 0.467. The van der Waals surface area contributed by atoms with Crippen LogP contribution in [0.5, 0.6) is 0 Å². The van der Waals surface area contributed by atoms with E-state index in [0.29, 0.717) is 0 Å². The van der Waals surface area contributed by atoms with Crippen LogP contribution in [0.15, 0.2) is 36.4 Å². The summed E-state index contributed by atoms with van der Waals surface area (Å²) in [7, 11) is 0. The highest BCUT2D eigenvalue weighted by molar-refractivity contribution is 5.34. The van der Waals surface area contributed by atoms with E-state index in [0.717, 1.165) is 31.2 Å². The van der Waals surface area contributed by atoms with Gasteiger partial charge in [0.1, 0.15) is 0 Å². The maximum Gasteiger partial charge on any atom is 0.269 e. The van der Waals surface area contributed by atoms with Crippen molar-refractivity contribution in [1.82, 2.24) is 0 Å². The van der Waals surface area contributed by atoms with E-state index in [1.807, 2.05) is 0 Å². The van der Waals surface area contributed by atoms with Crippen molar-refractivity contribution in [2.45, 2.75) is 44.8 Å². The van der Waals surface area contributed by atoms with Crippen LogP contribution in [0.25, 0.3) is 0 Å². The molecule has 0 saturated carbocycles. The van der Waals surface area contributed by atoms with E-state index in [2.05, 4.69) is 13.5 Å². The van der Waals surface area contributed by atoms with Crippen LogP contribution < -0.4 is 0 Å². The Morgan fingerprint density at radius 1 is 1.37 bits per heavy atom. The topological polar surface area (TPSA) is 52.4 Å². The molecule has 0 N–H and O–H groups in total. The number of hydrogen-bond acceptors (Lipinski definition) is 3. The normalized spacial score (nSPS) is 24.6. The average molecular weight is 261 g/mol. The van der Waals surface area contributed by atoms with Gasteiger partial charge in [-0.15, -0.1) is 0 Å². The molecule has 1 heterocycles. The number of benzene rings is 1. The monoisotopic (exact) mass is 261 g/mol. The quantitative estimate of drug-likeness (QED) is 0.456. The molecule has 1 aromatic rings. The smallest absolute Gasteiger partial charge is 0.269 e. The number of ether oxygens (including phenoxy) is 1. The Morgan fingerprint density at radius 3 is 2.68 bits per heavy atom. The molecule has 0 aromatic heterocycles. The Kier molecular flexibility index (Phi) is 4.32. The van der Waals surface area contributed by atoms with Gasteiger partial charge in [-0.2, -0.15) is 0 Å². The number of rotatable bonds is 2. The Morgan fingerprint density at radius 2 is 2.05 bits per heavy atom. The molecule has 0 unspecified atom stereocenters. The Hall–Kier alpha value is -1.68. The lowest BCUT2D eigenvalue weighted by Crippen LogP contribution is -2.17. The second kappa shape index (κ2) is 5.97. The zero-order chi connectivity index (χ0) is 13.8. The molecule has 2 rings (SSSR count). The van der Waals surface area contributed by atoms with Gasteiger partial charge in [0, 0.05) is 12.1 Å². The van der Waals surface area contributed by atoms with Gasteiger partial charge in [-0.1, -0.05) is 12.2 Å². The molecule has 4 heteroatoms. The second-order valence-electron chi connectivity index (χ2n) is 5.13. The van der Waals surface area contributed by atoms with Gasteiger partial charge >= 0.3 is 0 Å². The number of nitrogens with zero attached hydrogens (tertiary/aromatic N) is 1. The SMILES string of the molecule is C=C1CCC[C@H](C)O[C@H](c2ccc([N+](=O)[O-])cc2)C1. The first-order valence-corrected chi connectivity index (χ1v) is 6.62. The summed E-state index contributed by atoms with van der Waals surface area (Å²) in [5.41, 5.74) is 2.29. The molecule has 0 spiro atoms. The van der Waals surface area contributed by atoms with Crippen molar-refractivity contribution in [2.24, 2.45) is 0 Å². The molecule has 4 nitrogen and oxygen atoms in total. The maximum absolute atomic E-state index is 10.7. The molecule has 2 atom stereocenters. The third kappa shape index (κ3) is 3.64. The van der Waals surface area contributed by atoms with Crippen molar-refractivity contribution < 1.29 is 9.66 Å². The largest absolute Gasteiger partial charge is 0.370 e. The van der Waals surface area contributed by atoms with Gasteiger partial charge in [0.15, 0.2) is 0 Å². The molecule has 0 aliphatic carbocycles. The molecular weight excluding hydrogens is 242 g/mol. The van der Waals surface area contributed by atoms with Crippen molar-refractivity contribution >= 4 is 5.69 Å². The van der Waals surface area contributed by atoms with E-state index in [9.17, 15) is 10.1 Å². The van der Waals surface area contributed by atoms with E-state index < -0.39 is 0 Å². The van der Waals surface area contributed by atoms with Crippen LogP contribution in [0.3, 0.4) is 0 Å². The van der Waals surface area contributed by atoms with Gasteiger partial charge in [-0.05, 0) is 50.3 Å².